The molecule has 0 aromatic carbocycles. The van der Waals surface area contributed by atoms with Crippen molar-refractivity contribution >= 4 is 10.0 Å². The molecule has 3 N–H and O–H groups in total. The van der Waals surface area contributed by atoms with E-state index in [0.717, 1.165) is 0 Å². The van der Waals surface area contributed by atoms with Gasteiger partial charge in [-0.05, 0) is 6.42 Å². The van der Waals surface area contributed by atoms with Crippen LogP contribution in [-0.4, -0.2) is 50.2 Å². The van der Waals surface area contributed by atoms with Crippen LogP contribution in [0.3, 0.4) is 0 Å². The molecule has 0 saturated carbocycles. The van der Waals surface area contributed by atoms with Crippen molar-refractivity contribution in [3.05, 3.63) is 11.8 Å². The Morgan fingerprint density at radius 3 is 2.88 bits per heavy atom. The van der Waals surface area contributed by atoms with Gasteiger partial charge < -0.3 is 10.5 Å². The zero-order valence-electron chi connectivity index (χ0n) is 10.0. The second-order valence-corrected chi connectivity index (χ2v) is 5.58. The molecule has 7 nitrogen and oxygen atoms in total. The minimum atomic E-state index is -3.54. The molecule has 0 unspecified atom stereocenters. The van der Waals surface area contributed by atoms with E-state index in [-0.39, 0.29) is 11.6 Å². The number of aromatic amines is 1. The first-order chi connectivity index (χ1) is 8.04. The van der Waals surface area contributed by atoms with Crippen molar-refractivity contribution in [3.8, 4) is 0 Å². The molecule has 0 aliphatic carbocycles. The van der Waals surface area contributed by atoms with Crippen LogP contribution in [0.2, 0.25) is 0 Å². The third-order valence-corrected chi connectivity index (χ3v) is 4.26. The summed E-state index contributed by atoms with van der Waals surface area (Å²) < 4.78 is 30.4. The number of aromatic nitrogens is 2. The van der Waals surface area contributed by atoms with Crippen LogP contribution in [0.1, 0.15) is 12.0 Å². The first-order valence-electron chi connectivity index (χ1n) is 5.21. The van der Waals surface area contributed by atoms with Gasteiger partial charge in [-0.15, -0.1) is 0 Å². The lowest BCUT2D eigenvalue weighted by molar-refractivity contribution is 0.189. The van der Waals surface area contributed by atoms with Gasteiger partial charge in [-0.1, -0.05) is 0 Å². The average Bonchev–Trinajstić information content (AvgIpc) is 2.77. The van der Waals surface area contributed by atoms with Gasteiger partial charge in [0.15, 0.2) is 5.03 Å². The average molecular weight is 262 g/mol. The minimum Gasteiger partial charge on any atom is -0.385 e. The molecular weight excluding hydrogens is 244 g/mol. The zero-order valence-corrected chi connectivity index (χ0v) is 10.8. The first-order valence-corrected chi connectivity index (χ1v) is 6.65. The number of methoxy groups -OCH3 is 1. The van der Waals surface area contributed by atoms with E-state index in [9.17, 15) is 8.42 Å². The van der Waals surface area contributed by atoms with Crippen LogP contribution < -0.4 is 5.73 Å². The number of sulfonamides is 1. The lowest BCUT2D eigenvalue weighted by atomic mass is 10.4. The van der Waals surface area contributed by atoms with Crippen molar-refractivity contribution in [3.63, 3.8) is 0 Å². The maximum Gasteiger partial charge on any atom is 0.260 e. The maximum absolute atomic E-state index is 12.1. The summed E-state index contributed by atoms with van der Waals surface area (Å²) in [4.78, 5) is 0. The SMILES string of the molecule is COCCCN(C)S(=O)(=O)c1[nH]ncc1CN. The predicted molar refractivity (Wildman–Crippen MR) is 62.8 cm³/mol. The summed E-state index contributed by atoms with van der Waals surface area (Å²) in [6.07, 6.45) is 2.06. The summed E-state index contributed by atoms with van der Waals surface area (Å²) in [5.41, 5.74) is 5.94. The molecule has 0 aliphatic rings. The highest BCUT2D eigenvalue weighted by Gasteiger charge is 2.24. The lowest BCUT2D eigenvalue weighted by Gasteiger charge is -2.16. The third-order valence-electron chi connectivity index (χ3n) is 2.39. The van der Waals surface area contributed by atoms with Crippen molar-refractivity contribution in [2.75, 3.05) is 27.3 Å². The van der Waals surface area contributed by atoms with Crippen molar-refractivity contribution in [1.82, 2.24) is 14.5 Å². The van der Waals surface area contributed by atoms with Crippen LogP contribution in [0.25, 0.3) is 0 Å². The van der Waals surface area contributed by atoms with Crippen LogP contribution in [0.5, 0.6) is 0 Å². The van der Waals surface area contributed by atoms with Crippen LogP contribution in [0.15, 0.2) is 11.2 Å². The van der Waals surface area contributed by atoms with Crippen LogP contribution in [0.4, 0.5) is 0 Å². The molecule has 0 bridgehead atoms. The number of nitrogens with zero attached hydrogens (tertiary/aromatic N) is 2. The number of hydrogen-bond acceptors (Lipinski definition) is 5. The summed E-state index contributed by atoms with van der Waals surface area (Å²) in [7, 11) is -0.440. The standard InChI is InChI=1S/C9H18N4O3S/c1-13(4-3-5-16-2)17(14,15)9-8(6-10)7-11-12-9/h7H,3-6,10H2,1-2H3,(H,11,12). The van der Waals surface area contributed by atoms with Gasteiger partial charge >= 0.3 is 0 Å². The number of hydrogen-bond donors (Lipinski definition) is 2. The molecule has 8 heteroatoms. The predicted octanol–water partition coefficient (Wildman–Crippen LogP) is -0.475. The molecule has 0 radical (unpaired) electrons. The van der Waals surface area contributed by atoms with Crippen LogP contribution >= 0.6 is 0 Å². The molecule has 98 valence electrons. The topological polar surface area (TPSA) is 101 Å². The maximum atomic E-state index is 12.1. The molecule has 0 saturated heterocycles. The molecule has 0 atom stereocenters. The van der Waals surface area contributed by atoms with Gasteiger partial charge in [-0.25, -0.2) is 8.42 Å². The van der Waals surface area contributed by atoms with Crippen molar-refractivity contribution < 1.29 is 13.2 Å². The molecule has 1 heterocycles. The summed E-state index contributed by atoms with van der Waals surface area (Å²) >= 11 is 0. The van der Waals surface area contributed by atoms with Gasteiger partial charge in [-0.3, -0.25) is 5.10 Å². The molecule has 0 amide bonds. The molecule has 0 fully saturated rings. The van der Waals surface area contributed by atoms with E-state index in [4.69, 9.17) is 10.5 Å². The van der Waals surface area contributed by atoms with E-state index in [1.165, 1.54) is 17.5 Å². The minimum absolute atomic E-state index is 0.0694. The number of rotatable bonds is 7. The molecular formula is C9H18N4O3S. The van der Waals surface area contributed by atoms with Crippen molar-refractivity contribution in [2.45, 2.75) is 18.0 Å². The molecule has 1 rings (SSSR count). The molecule has 1 aromatic heterocycles. The Hall–Kier alpha value is -0.960. The highest BCUT2D eigenvalue weighted by atomic mass is 32.2. The number of H-pyrrole nitrogens is 1. The first kappa shape index (κ1) is 14.1. The summed E-state index contributed by atoms with van der Waals surface area (Å²) in [5, 5.41) is 6.25. The Morgan fingerprint density at radius 1 is 1.59 bits per heavy atom. The van der Waals surface area contributed by atoms with Gasteiger partial charge in [0.25, 0.3) is 10.0 Å². The Bertz CT molecular complexity index is 443. The summed E-state index contributed by atoms with van der Waals surface area (Å²) in [5.74, 6) is 0. The van der Waals surface area contributed by atoms with E-state index in [0.29, 0.717) is 25.1 Å². The second-order valence-electron chi connectivity index (χ2n) is 3.60. The fraction of sp³-hybridized carbons (Fsp3) is 0.667. The molecule has 0 aliphatic heterocycles. The Labute approximate surface area is 101 Å². The van der Waals surface area contributed by atoms with Crippen LogP contribution in [0, 0.1) is 0 Å². The van der Waals surface area contributed by atoms with E-state index < -0.39 is 10.0 Å². The van der Waals surface area contributed by atoms with Gasteiger partial charge in [0.2, 0.25) is 0 Å². The smallest absolute Gasteiger partial charge is 0.260 e. The Morgan fingerprint density at radius 2 is 2.29 bits per heavy atom. The highest BCUT2D eigenvalue weighted by molar-refractivity contribution is 7.89. The van der Waals surface area contributed by atoms with Crippen molar-refractivity contribution in [2.24, 2.45) is 5.73 Å². The fourth-order valence-corrected chi connectivity index (χ4v) is 2.69. The molecule has 17 heavy (non-hydrogen) atoms. The van der Waals surface area contributed by atoms with Crippen molar-refractivity contribution in [1.29, 1.82) is 0 Å². The normalized spacial score (nSPS) is 12.2. The summed E-state index contributed by atoms with van der Waals surface area (Å²) in [6, 6.07) is 0. The number of nitrogens with two attached hydrogens (primary N) is 1. The Balaban J connectivity index is 2.80. The Kier molecular flexibility index (Phi) is 5.06. The van der Waals surface area contributed by atoms with Gasteiger partial charge in [0.1, 0.15) is 0 Å². The quantitative estimate of drug-likeness (QED) is 0.647. The van der Waals surface area contributed by atoms with Gasteiger partial charge in [0, 0.05) is 39.4 Å². The fourth-order valence-electron chi connectivity index (χ4n) is 1.38. The monoisotopic (exact) mass is 262 g/mol. The number of nitrogens with one attached hydrogen (secondary N) is 1. The lowest BCUT2D eigenvalue weighted by Crippen LogP contribution is -2.29. The third kappa shape index (κ3) is 3.25. The van der Waals surface area contributed by atoms with E-state index >= 15 is 0 Å². The zero-order chi connectivity index (χ0) is 12.9. The van der Waals surface area contributed by atoms with Crippen LogP contribution in [-0.2, 0) is 21.3 Å². The molecule has 1 aromatic rings. The second kappa shape index (κ2) is 6.10. The van der Waals surface area contributed by atoms with E-state index in [1.54, 1.807) is 7.11 Å². The molecule has 0 spiro atoms. The van der Waals surface area contributed by atoms with Gasteiger partial charge in [-0.2, -0.15) is 9.40 Å². The van der Waals surface area contributed by atoms with E-state index in [1.807, 2.05) is 0 Å². The van der Waals surface area contributed by atoms with E-state index in [2.05, 4.69) is 10.2 Å². The number of ether oxygens (including phenoxy) is 1. The van der Waals surface area contributed by atoms with Gasteiger partial charge in [0.05, 0.1) is 6.20 Å². The highest BCUT2D eigenvalue weighted by Crippen LogP contribution is 2.15. The summed E-state index contributed by atoms with van der Waals surface area (Å²) in [6.45, 7) is 1.04. The largest absolute Gasteiger partial charge is 0.385 e.